The van der Waals surface area contributed by atoms with Gasteiger partial charge in [0, 0.05) is 6.04 Å². The summed E-state index contributed by atoms with van der Waals surface area (Å²) >= 11 is 0. The normalized spacial score (nSPS) is 22.9. The Labute approximate surface area is 98.5 Å². The van der Waals surface area contributed by atoms with Gasteiger partial charge in [-0.2, -0.15) is 0 Å². The van der Waals surface area contributed by atoms with Crippen molar-refractivity contribution in [3.8, 4) is 0 Å². The van der Waals surface area contributed by atoms with Gasteiger partial charge in [-0.3, -0.25) is 9.59 Å². The zero-order valence-corrected chi connectivity index (χ0v) is 9.56. The summed E-state index contributed by atoms with van der Waals surface area (Å²) in [5, 5.41) is 13.7. The number of esters is 1. The molecule has 1 aliphatic carbocycles. The zero-order valence-electron chi connectivity index (χ0n) is 9.56. The highest BCUT2D eigenvalue weighted by Gasteiger charge is 2.30. The lowest BCUT2D eigenvalue weighted by molar-refractivity contribution is -0.141. The Kier molecular flexibility index (Phi) is 4.74. The average molecular weight is 244 g/mol. The summed E-state index contributed by atoms with van der Waals surface area (Å²) in [4.78, 5) is 32.8. The first-order valence-corrected chi connectivity index (χ1v) is 5.37. The lowest BCUT2D eigenvalue weighted by atomic mass is 10.1. The van der Waals surface area contributed by atoms with E-state index in [4.69, 9.17) is 5.11 Å². The number of carboxylic acids is 1. The van der Waals surface area contributed by atoms with E-state index in [1.807, 2.05) is 0 Å². The first-order valence-electron chi connectivity index (χ1n) is 5.37. The second kappa shape index (κ2) is 6.07. The monoisotopic (exact) mass is 244 g/mol. The maximum absolute atomic E-state index is 11.3. The molecule has 0 radical (unpaired) electrons. The minimum Gasteiger partial charge on any atom is -0.481 e. The SMILES string of the molecule is COC(=O)CNC(=O)NC1CCC(C(=O)O)C1. The molecule has 0 bridgehead atoms. The summed E-state index contributed by atoms with van der Waals surface area (Å²) < 4.78 is 4.36. The molecule has 0 saturated heterocycles. The molecular weight excluding hydrogens is 228 g/mol. The van der Waals surface area contributed by atoms with Crippen molar-refractivity contribution < 1.29 is 24.2 Å². The summed E-state index contributed by atoms with van der Waals surface area (Å²) in [5.41, 5.74) is 0. The number of urea groups is 1. The largest absolute Gasteiger partial charge is 0.481 e. The van der Waals surface area contributed by atoms with E-state index >= 15 is 0 Å². The average Bonchev–Trinajstić information content (AvgIpc) is 2.74. The van der Waals surface area contributed by atoms with Gasteiger partial charge in [0.25, 0.3) is 0 Å². The summed E-state index contributed by atoms with van der Waals surface area (Å²) in [6, 6.07) is -0.625. The lowest BCUT2D eigenvalue weighted by Gasteiger charge is -2.12. The topological polar surface area (TPSA) is 105 Å². The van der Waals surface area contributed by atoms with Gasteiger partial charge < -0.3 is 20.5 Å². The molecule has 3 N–H and O–H groups in total. The summed E-state index contributed by atoms with van der Waals surface area (Å²) in [7, 11) is 1.23. The highest BCUT2D eigenvalue weighted by atomic mass is 16.5. The fraction of sp³-hybridized carbons (Fsp3) is 0.700. The number of aliphatic carboxylic acids is 1. The Balaban J connectivity index is 2.24. The second-order valence-electron chi connectivity index (χ2n) is 3.95. The molecule has 2 amide bonds. The molecule has 0 spiro atoms. The molecule has 2 unspecified atom stereocenters. The van der Waals surface area contributed by atoms with Crippen molar-refractivity contribution >= 4 is 18.0 Å². The predicted octanol–water partition coefficient (Wildman–Crippen LogP) is -0.288. The van der Waals surface area contributed by atoms with E-state index in [0.717, 1.165) is 0 Å². The summed E-state index contributed by atoms with van der Waals surface area (Å²) in [6.07, 6.45) is 1.64. The number of nitrogens with one attached hydrogen (secondary N) is 2. The standard InChI is InChI=1S/C10H16N2O5/c1-17-8(13)5-11-10(16)12-7-3-2-6(4-7)9(14)15/h6-7H,2-5H2,1H3,(H,14,15)(H2,11,12,16). The molecule has 1 fully saturated rings. The van der Waals surface area contributed by atoms with Crippen LogP contribution in [0, 0.1) is 5.92 Å². The molecule has 0 aromatic heterocycles. The Bertz CT molecular complexity index is 318. The van der Waals surface area contributed by atoms with Crippen LogP contribution in [-0.4, -0.2) is 42.8 Å². The molecular formula is C10H16N2O5. The highest BCUT2D eigenvalue weighted by Crippen LogP contribution is 2.25. The number of rotatable bonds is 4. The van der Waals surface area contributed by atoms with Gasteiger partial charge in [0.1, 0.15) is 6.54 Å². The smallest absolute Gasteiger partial charge is 0.325 e. The van der Waals surface area contributed by atoms with Gasteiger partial charge in [-0.25, -0.2) is 4.79 Å². The van der Waals surface area contributed by atoms with Crippen molar-refractivity contribution in [2.24, 2.45) is 5.92 Å². The van der Waals surface area contributed by atoms with Gasteiger partial charge in [-0.15, -0.1) is 0 Å². The quantitative estimate of drug-likeness (QED) is 0.589. The number of hydrogen-bond donors (Lipinski definition) is 3. The third kappa shape index (κ3) is 4.29. The number of ether oxygens (including phenoxy) is 1. The maximum Gasteiger partial charge on any atom is 0.325 e. The zero-order chi connectivity index (χ0) is 12.8. The van der Waals surface area contributed by atoms with Gasteiger partial charge in [-0.05, 0) is 19.3 Å². The van der Waals surface area contributed by atoms with E-state index in [-0.39, 0.29) is 18.5 Å². The van der Waals surface area contributed by atoms with E-state index in [9.17, 15) is 14.4 Å². The highest BCUT2D eigenvalue weighted by molar-refractivity contribution is 5.81. The van der Waals surface area contributed by atoms with Gasteiger partial charge >= 0.3 is 18.0 Å². The molecule has 0 aliphatic heterocycles. The number of methoxy groups -OCH3 is 1. The van der Waals surface area contributed by atoms with Crippen LogP contribution in [0.3, 0.4) is 0 Å². The van der Waals surface area contributed by atoms with E-state index in [1.165, 1.54) is 7.11 Å². The van der Waals surface area contributed by atoms with Crippen LogP contribution in [-0.2, 0) is 14.3 Å². The Hall–Kier alpha value is -1.79. The van der Waals surface area contributed by atoms with Crippen molar-refractivity contribution in [1.82, 2.24) is 10.6 Å². The molecule has 17 heavy (non-hydrogen) atoms. The summed E-state index contributed by atoms with van der Waals surface area (Å²) in [5.74, 6) is -1.75. The van der Waals surface area contributed by atoms with Crippen LogP contribution in [0.25, 0.3) is 0 Å². The van der Waals surface area contributed by atoms with Crippen molar-refractivity contribution in [2.45, 2.75) is 25.3 Å². The van der Waals surface area contributed by atoms with Crippen molar-refractivity contribution in [3.63, 3.8) is 0 Å². The van der Waals surface area contributed by atoms with Gasteiger partial charge in [-0.1, -0.05) is 0 Å². The van der Waals surface area contributed by atoms with Crippen LogP contribution in [0.1, 0.15) is 19.3 Å². The molecule has 96 valence electrons. The van der Waals surface area contributed by atoms with Gasteiger partial charge in [0.2, 0.25) is 0 Å². The third-order valence-corrected chi connectivity index (χ3v) is 2.74. The van der Waals surface area contributed by atoms with Crippen molar-refractivity contribution in [2.75, 3.05) is 13.7 Å². The van der Waals surface area contributed by atoms with E-state index < -0.39 is 18.0 Å². The molecule has 7 heteroatoms. The third-order valence-electron chi connectivity index (χ3n) is 2.74. The van der Waals surface area contributed by atoms with Crippen LogP contribution < -0.4 is 10.6 Å². The molecule has 7 nitrogen and oxygen atoms in total. The number of carbonyl (C=O) groups is 3. The molecule has 0 aromatic rings. The predicted molar refractivity (Wildman–Crippen MR) is 57.3 cm³/mol. The first-order chi connectivity index (χ1) is 8.02. The summed E-state index contributed by atoms with van der Waals surface area (Å²) in [6.45, 7) is -0.197. The van der Waals surface area contributed by atoms with Crippen LogP contribution >= 0.6 is 0 Å². The van der Waals surface area contributed by atoms with Crippen molar-refractivity contribution in [3.05, 3.63) is 0 Å². The van der Waals surface area contributed by atoms with Crippen LogP contribution in [0.4, 0.5) is 4.79 Å². The van der Waals surface area contributed by atoms with Gasteiger partial charge in [0.05, 0.1) is 13.0 Å². The molecule has 2 atom stereocenters. The minimum absolute atomic E-state index is 0.145. The molecule has 0 heterocycles. The molecule has 0 aromatic carbocycles. The number of carboxylic acid groups (broad SMARTS) is 1. The van der Waals surface area contributed by atoms with Crippen LogP contribution in [0.5, 0.6) is 0 Å². The maximum atomic E-state index is 11.3. The fourth-order valence-corrected chi connectivity index (χ4v) is 1.80. The first kappa shape index (κ1) is 13.3. The van der Waals surface area contributed by atoms with Crippen molar-refractivity contribution in [1.29, 1.82) is 0 Å². The fourth-order valence-electron chi connectivity index (χ4n) is 1.80. The van der Waals surface area contributed by atoms with E-state index in [1.54, 1.807) is 0 Å². The molecule has 1 aliphatic rings. The van der Waals surface area contributed by atoms with Crippen LogP contribution in [0.2, 0.25) is 0 Å². The molecule has 1 saturated carbocycles. The number of amides is 2. The molecule has 1 rings (SSSR count). The Morgan fingerprint density at radius 3 is 2.59 bits per heavy atom. The van der Waals surface area contributed by atoms with E-state index in [2.05, 4.69) is 15.4 Å². The minimum atomic E-state index is -0.829. The van der Waals surface area contributed by atoms with E-state index in [0.29, 0.717) is 19.3 Å². The Morgan fingerprint density at radius 2 is 2.06 bits per heavy atom. The number of carbonyl (C=O) groups excluding carboxylic acids is 2. The van der Waals surface area contributed by atoms with Gasteiger partial charge in [0.15, 0.2) is 0 Å². The number of hydrogen-bond acceptors (Lipinski definition) is 4. The van der Waals surface area contributed by atoms with Crippen LogP contribution in [0.15, 0.2) is 0 Å². The Morgan fingerprint density at radius 1 is 1.35 bits per heavy atom. The second-order valence-corrected chi connectivity index (χ2v) is 3.95. The lowest BCUT2D eigenvalue weighted by Crippen LogP contribution is -2.43.